The first-order valence-corrected chi connectivity index (χ1v) is 5.85. The Bertz CT molecular complexity index is 423. The summed E-state index contributed by atoms with van der Waals surface area (Å²) in [5.41, 5.74) is 2.36. The molecule has 0 atom stereocenters. The van der Waals surface area contributed by atoms with Gasteiger partial charge in [0.1, 0.15) is 0 Å². The van der Waals surface area contributed by atoms with Crippen LogP contribution in [0.2, 0.25) is 0 Å². The molecule has 17 heavy (non-hydrogen) atoms. The lowest BCUT2D eigenvalue weighted by Crippen LogP contribution is -2.45. The highest BCUT2D eigenvalue weighted by molar-refractivity contribution is 5.94. The highest BCUT2D eigenvalue weighted by Gasteiger charge is 2.19. The van der Waals surface area contributed by atoms with Crippen molar-refractivity contribution in [3.05, 3.63) is 29.3 Å². The Morgan fingerprint density at radius 3 is 2.47 bits per heavy atom. The lowest BCUT2D eigenvalue weighted by Gasteiger charge is -2.34. The van der Waals surface area contributed by atoms with E-state index in [1.165, 1.54) is 0 Å². The molecule has 1 aromatic carbocycles. The number of anilines is 1. The van der Waals surface area contributed by atoms with Gasteiger partial charge >= 0.3 is 5.97 Å². The highest BCUT2D eigenvalue weighted by atomic mass is 16.4. The second kappa shape index (κ2) is 4.75. The third kappa shape index (κ3) is 2.58. The number of hydrogen-bond donors (Lipinski definition) is 1. The monoisotopic (exact) mass is 234 g/mol. The Balaban J connectivity index is 2.30. The number of hydrogen-bond acceptors (Lipinski definition) is 3. The van der Waals surface area contributed by atoms with Crippen LogP contribution in [0.1, 0.15) is 15.9 Å². The maximum atomic E-state index is 11.2. The van der Waals surface area contributed by atoms with Gasteiger partial charge in [0, 0.05) is 26.2 Å². The lowest BCUT2D eigenvalue weighted by atomic mass is 10.1. The van der Waals surface area contributed by atoms with Gasteiger partial charge in [-0.1, -0.05) is 6.07 Å². The quantitative estimate of drug-likeness (QED) is 0.841. The zero-order valence-electron chi connectivity index (χ0n) is 10.3. The summed E-state index contributed by atoms with van der Waals surface area (Å²) < 4.78 is 0. The van der Waals surface area contributed by atoms with Crippen LogP contribution < -0.4 is 4.90 Å². The Labute approximate surface area is 101 Å². The van der Waals surface area contributed by atoms with Gasteiger partial charge in [-0.2, -0.15) is 0 Å². The molecule has 0 radical (unpaired) electrons. The topological polar surface area (TPSA) is 43.8 Å². The number of carboxylic acids is 1. The fourth-order valence-corrected chi connectivity index (χ4v) is 2.13. The first kappa shape index (κ1) is 11.9. The second-order valence-electron chi connectivity index (χ2n) is 4.62. The number of nitrogens with zero attached hydrogens (tertiary/aromatic N) is 2. The van der Waals surface area contributed by atoms with E-state index in [9.17, 15) is 9.90 Å². The molecule has 1 aliphatic rings. The van der Waals surface area contributed by atoms with E-state index in [0.717, 1.165) is 37.4 Å². The molecule has 0 aliphatic carbocycles. The predicted molar refractivity (Wildman–Crippen MR) is 67.8 cm³/mol. The minimum Gasteiger partial charge on any atom is -0.478 e. The molecule has 0 spiro atoms. The molecule has 1 aliphatic heterocycles. The van der Waals surface area contributed by atoms with Crippen LogP contribution >= 0.6 is 0 Å². The Kier molecular flexibility index (Phi) is 3.33. The van der Waals surface area contributed by atoms with Crippen molar-refractivity contribution in [3.63, 3.8) is 0 Å². The molecule has 2 rings (SSSR count). The molecule has 1 aromatic rings. The molecule has 1 N–H and O–H groups in total. The fourth-order valence-electron chi connectivity index (χ4n) is 2.13. The van der Waals surface area contributed by atoms with Crippen LogP contribution in [0.3, 0.4) is 0 Å². The van der Waals surface area contributed by atoms with Crippen molar-refractivity contribution in [2.45, 2.75) is 6.92 Å². The van der Waals surface area contributed by atoms with Gasteiger partial charge < -0.3 is 14.9 Å². The summed E-state index contributed by atoms with van der Waals surface area (Å²) in [5, 5.41) is 9.20. The number of rotatable bonds is 2. The van der Waals surface area contributed by atoms with Crippen LogP contribution in [0, 0.1) is 6.92 Å². The van der Waals surface area contributed by atoms with Gasteiger partial charge in [0.25, 0.3) is 0 Å². The minimum absolute atomic E-state index is 0.403. The molecule has 1 heterocycles. The van der Waals surface area contributed by atoms with Crippen LogP contribution in [0.15, 0.2) is 18.2 Å². The van der Waals surface area contributed by atoms with Gasteiger partial charge in [-0.05, 0) is 31.7 Å². The molecule has 0 amide bonds. The first-order chi connectivity index (χ1) is 8.08. The SMILES string of the molecule is Cc1ccc(C(=O)O)c(N2CCN(C)CC2)c1. The molecule has 0 bridgehead atoms. The fraction of sp³-hybridized carbons (Fsp3) is 0.462. The van der Waals surface area contributed by atoms with Gasteiger partial charge in [0.05, 0.1) is 11.3 Å². The number of aromatic carboxylic acids is 1. The van der Waals surface area contributed by atoms with Crippen molar-refractivity contribution in [2.75, 3.05) is 38.1 Å². The molecule has 4 nitrogen and oxygen atoms in total. The molecule has 1 saturated heterocycles. The summed E-state index contributed by atoms with van der Waals surface area (Å²) in [6, 6.07) is 5.52. The van der Waals surface area contributed by atoms with E-state index < -0.39 is 5.97 Å². The standard InChI is InChI=1S/C13H18N2O2/c1-10-3-4-11(13(16)17)12(9-10)15-7-5-14(2)6-8-15/h3-4,9H,5-8H2,1-2H3,(H,16,17). The summed E-state index contributed by atoms with van der Waals surface area (Å²) in [6.07, 6.45) is 0. The van der Waals surface area contributed by atoms with E-state index in [0.29, 0.717) is 5.56 Å². The summed E-state index contributed by atoms with van der Waals surface area (Å²) in [5.74, 6) is -0.848. The zero-order chi connectivity index (χ0) is 12.4. The molecule has 92 valence electrons. The number of benzene rings is 1. The number of piperazine rings is 1. The third-order valence-corrected chi connectivity index (χ3v) is 3.23. The summed E-state index contributed by atoms with van der Waals surface area (Å²) >= 11 is 0. The maximum Gasteiger partial charge on any atom is 0.337 e. The molecule has 1 fully saturated rings. The van der Waals surface area contributed by atoms with Gasteiger partial charge in [-0.3, -0.25) is 0 Å². The Morgan fingerprint density at radius 1 is 1.24 bits per heavy atom. The summed E-state index contributed by atoms with van der Waals surface area (Å²) in [6.45, 7) is 5.73. The number of carbonyl (C=O) groups is 1. The third-order valence-electron chi connectivity index (χ3n) is 3.23. The molecular weight excluding hydrogens is 216 g/mol. The lowest BCUT2D eigenvalue weighted by molar-refractivity contribution is 0.0697. The van der Waals surface area contributed by atoms with Crippen molar-refractivity contribution in [1.29, 1.82) is 0 Å². The minimum atomic E-state index is -0.848. The van der Waals surface area contributed by atoms with E-state index in [2.05, 4.69) is 16.8 Å². The van der Waals surface area contributed by atoms with Crippen LogP contribution in [-0.2, 0) is 0 Å². The molecule has 0 aromatic heterocycles. The molecule has 0 unspecified atom stereocenters. The van der Waals surface area contributed by atoms with Crippen LogP contribution in [-0.4, -0.2) is 49.2 Å². The van der Waals surface area contributed by atoms with Gasteiger partial charge in [0.2, 0.25) is 0 Å². The average Bonchev–Trinajstić information content (AvgIpc) is 2.29. The summed E-state index contributed by atoms with van der Waals surface area (Å²) in [4.78, 5) is 15.6. The predicted octanol–water partition coefficient (Wildman–Crippen LogP) is 1.45. The smallest absolute Gasteiger partial charge is 0.337 e. The molecule has 4 heteroatoms. The zero-order valence-corrected chi connectivity index (χ0v) is 10.3. The van der Waals surface area contributed by atoms with Crippen molar-refractivity contribution in [1.82, 2.24) is 4.90 Å². The van der Waals surface area contributed by atoms with E-state index in [4.69, 9.17) is 0 Å². The van der Waals surface area contributed by atoms with Crippen LogP contribution in [0.4, 0.5) is 5.69 Å². The molecular formula is C13H18N2O2. The van der Waals surface area contributed by atoms with E-state index in [1.54, 1.807) is 6.07 Å². The number of aryl methyl sites for hydroxylation is 1. The Morgan fingerprint density at radius 2 is 1.88 bits per heavy atom. The van der Waals surface area contributed by atoms with Crippen molar-refractivity contribution in [3.8, 4) is 0 Å². The van der Waals surface area contributed by atoms with E-state index >= 15 is 0 Å². The van der Waals surface area contributed by atoms with Crippen LogP contribution in [0.25, 0.3) is 0 Å². The second-order valence-corrected chi connectivity index (χ2v) is 4.62. The van der Waals surface area contributed by atoms with E-state index in [1.807, 2.05) is 19.1 Å². The van der Waals surface area contributed by atoms with E-state index in [-0.39, 0.29) is 0 Å². The highest BCUT2D eigenvalue weighted by Crippen LogP contribution is 2.23. The normalized spacial score (nSPS) is 17.2. The number of carboxylic acid groups (broad SMARTS) is 1. The van der Waals surface area contributed by atoms with Crippen LogP contribution in [0.5, 0.6) is 0 Å². The largest absolute Gasteiger partial charge is 0.478 e. The van der Waals surface area contributed by atoms with Gasteiger partial charge in [-0.25, -0.2) is 4.79 Å². The average molecular weight is 234 g/mol. The Hall–Kier alpha value is -1.55. The van der Waals surface area contributed by atoms with Crippen molar-refractivity contribution < 1.29 is 9.90 Å². The maximum absolute atomic E-state index is 11.2. The van der Waals surface area contributed by atoms with Crippen molar-refractivity contribution >= 4 is 11.7 Å². The molecule has 0 saturated carbocycles. The van der Waals surface area contributed by atoms with Crippen molar-refractivity contribution in [2.24, 2.45) is 0 Å². The van der Waals surface area contributed by atoms with Gasteiger partial charge in [0.15, 0.2) is 0 Å². The number of likely N-dealkylation sites (N-methyl/N-ethyl adjacent to an activating group) is 1. The summed E-state index contributed by atoms with van der Waals surface area (Å²) in [7, 11) is 2.09. The first-order valence-electron chi connectivity index (χ1n) is 5.85. The van der Waals surface area contributed by atoms with Gasteiger partial charge in [-0.15, -0.1) is 0 Å².